The van der Waals surface area contributed by atoms with Gasteiger partial charge < -0.3 is 9.47 Å². The van der Waals surface area contributed by atoms with Crippen molar-refractivity contribution >= 4 is 22.6 Å². The largest absolute Gasteiger partial charge is 0.379 e. The highest BCUT2D eigenvalue weighted by Gasteiger charge is 2.21. The molecule has 0 saturated carbocycles. The molecule has 1 atom stereocenters. The van der Waals surface area contributed by atoms with Crippen LogP contribution in [0.1, 0.15) is 32.1 Å². The predicted octanol–water partition coefficient (Wildman–Crippen LogP) is 2.79. The lowest BCUT2D eigenvalue weighted by Gasteiger charge is -2.01. The molecule has 0 radical (unpaired) electrons. The van der Waals surface area contributed by atoms with E-state index < -0.39 is 0 Å². The second kappa shape index (κ2) is 8.00. The first-order chi connectivity index (χ1) is 6.43. The molecule has 0 aromatic rings. The Morgan fingerprint density at radius 2 is 1.85 bits per heavy atom. The molecule has 0 N–H and O–H groups in total. The molecule has 0 aromatic heterocycles. The van der Waals surface area contributed by atoms with Crippen LogP contribution >= 0.6 is 22.6 Å². The molecule has 78 valence electrons. The van der Waals surface area contributed by atoms with Gasteiger partial charge in [-0.2, -0.15) is 0 Å². The van der Waals surface area contributed by atoms with E-state index in [0.29, 0.717) is 6.10 Å². The van der Waals surface area contributed by atoms with Crippen LogP contribution in [0.15, 0.2) is 0 Å². The summed E-state index contributed by atoms with van der Waals surface area (Å²) in [7, 11) is 0. The molecule has 1 aliphatic heterocycles. The van der Waals surface area contributed by atoms with Crippen molar-refractivity contribution in [2.45, 2.75) is 38.2 Å². The fourth-order valence-corrected chi connectivity index (χ4v) is 1.75. The minimum atomic E-state index is 0.430. The van der Waals surface area contributed by atoms with Crippen molar-refractivity contribution in [3.05, 3.63) is 0 Å². The van der Waals surface area contributed by atoms with Crippen LogP contribution in [0.2, 0.25) is 0 Å². The zero-order valence-corrected chi connectivity index (χ0v) is 10.3. The molecule has 0 spiro atoms. The van der Waals surface area contributed by atoms with Crippen molar-refractivity contribution in [1.82, 2.24) is 0 Å². The fraction of sp³-hybridized carbons (Fsp3) is 1.00. The average molecular weight is 298 g/mol. The van der Waals surface area contributed by atoms with Gasteiger partial charge in [-0.1, -0.05) is 41.9 Å². The number of ether oxygens (including phenoxy) is 2. The lowest BCUT2D eigenvalue weighted by atomic mass is 10.2. The van der Waals surface area contributed by atoms with Crippen LogP contribution in [0.25, 0.3) is 0 Å². The number of epoxide rings is 1. The van der Waals surface area contributed by atoms with E-state index in [1.54, 1.807) is 0 Å². The first-order valence-electron chi connectivity index (χ1n) is 5.19. The first-order valence-corrected chi connectivity index (χ1v) is 6.71. The van der Waals surface area contributed by atoms with E-state index in [1.165, 1.54) is 36.5 Å². The monoisotopic (exact) mass is 298 g/mol. The van der Waals surface area contributed by atoms with Gasteiger partial charge in [-0.25, -0.2) is 0 Å². The van der Waals surface area contributed by atoms with Crippen LogP contribution in [0.5, 0.6) is 0 Å². The zero-order chi connectivity index (χ0) is 9.36. The Morgan fingerprint density at radius 3 is 2.54 bits per heavy atom. The molecule has 1 unspecified atom stereocenters. The third kappa shape index (κ3) is 7.70. The van der Waals surface area contributed by atoms with Crippen LogP contribution in [0, 0.1) is 0 Å². The number of hydrogen-bond acceptors (Lipinski definition) is 2. The van der Waals surface area contributed by atoms with Gasteiger partial charge in [-0.05, 0) is 17.3 Å². The van der Waals surface area contributed by atoms with E-state index in [2.05, 4.69) is 22.6 Å². The summed E-state index contributed by atoms with van der Waals surface area (Å²) in [6.07, 6.45) is 7.09. The SMILES string of the molecule is ICCCCCCCOCC1CO1. The summed E-state index contributed by atoms with van der Waals surface area (Å²) < 4.78 is 11.8. The molecule has 1 rings (SSSR count). The van der Waals surface area contributed by atoms with E-state index in [0.717, 1.165) is 19.8 Å². The normalized spacial score (nSPS) is 20.5. The third-order valence-electron chi connectivity index (χ3n) is 2.13. The van der Waals surface area contributed by atoms with Gasteiger partial charge in [-0.3, -0.25) is 0 Å². The standard InChI is InChI=1S/C10H19IO2/c11-6-4-2-1-3-5-7-12-8-10-9-13-10/h10H,1-9H2. The second-order valence-corrected chi connectivity index (χ2v) is 4.57. The summed E-state index contributed by atoms with van der Waals surface area (Å²) in [6, 6.07) is 0. The van der Waals surface area contributed by atoms with Crippen molar-refractivity contribution in [2.24, 2.45) is 0 Å². The van der Waals surface area contributed by atoms with Crippen molar-refractivity contribution in [2.75, 3.05) is 24.2 Å². The molecule has 2 nitrogen and oxygen atoms in total. The Balaban J connectivity index is 1.63. The summed E-state index contributed by atoms with van der Waals surface area (Å²) in [5.74, 6) is 0. The Kier molecular flexibility index (Phi) is 7.21. The predicted molar refractivity (Wildman–Crippen MR) is 62.5 cm³/mol. The average Bonchev–Trinajstić information content (AvgIpc) is 2.93. The molecule has 3 heteroatoms. The Bertz CT molecular complexity index is 115. The minimum absolute atomic E-state index is 0.430. The number of unbranched alkanes of at least 4 members (excludes halogenated alkanes) is 4. The van der Waals surface area contributed by atoms with Gasteiger partial charge >= 0.3 is 0 Å². The Morgan fingerprint density at radius 1 is 1.15 bits per heavy atom. The van der Waals surface area contributed by atoms with Crippen LogP contribution in [0.3, 0.4) is 0 Å². The third-order valence-corrected chi connectivity index (χ3v) is 2.89. The summed E-state index contributed by atoms with van der Waals surface area (Å²) in [4.78, 5) is 0. The summed E-state index contributed by atoms with van der Waals surface area (Å²) in [5.41, 5.74) is 0. The van der Waals surface area contributed by atoms with Gasteiger partial charge in [0, 0.05) is 6.61 Å². The highest BCUT2D eigenvalue weighted by molar-refractivity contribution is 14.1. The van der Waals surface area contributed by atoms with Crippen molar-refractivity contribution in [3.8, 4) is 0 Å². The van der Waals surface area contributed by atoms with Gasteiger partial charge in [0.25, 0.3) is 0 Å². The molecule has 1 fully saturated rings. The van der Waals surface area contributed by atoms with Gasteiger partial charge in [0.1, 0.15) is 6.10 Å². The molecule has 13 heavy (non-hydrogen) atoms. The van der Waals surface area contributed by atoms with E-state index in [-0.39, 0.29) is 0 Å². The number of alkyl halides is 1. The van der Waals surface area contributed by atoms with E-state index >= 15 is 0 Å². The topological polar surface area (TPSA) is 21.8 Å². The number of halogens is 1. The Labute approximate surface area is 94.5 Å². The lowest BCUT2D eigenvalue weighted by Crippen LogP contribution is -2.02. The van der Waals surface area contributed by atoms with E-state index in [1.807, 2.05) is 0 Å². The second-order valence-electron chi connectivity index (χ2n) is 3.49. The summed E-state index contributed by atoms with van der Waals surface area (Å²) in [6.45, 7) is 2.65. The molecule has 1 aliphatic rings. The van der Waals surface area contributed by atoms with Crippen molar-refractivity contribution < 1.29 is 9.47 Å². The van der Waals surface area contributed by atoms with Crippen LogP contribution in [-0.4, -0.2) is 30.4 Å². The van der Waals surface area contributed by atoms with Gasteiger partial charge in [-0.15, -0.1) is 0 Å². The highest BCUT2D eigenvalue weighted by atomic mass is 127. The Hall–Kier alpha value is 0.650. The minimum Gasteiger partial charge on any atom is -0.379 e. The van der Waals surface area contributed by atoms with Gasteiger partial charge in [0.05, 0.1) is 13.2 Å². The van der Waals surface area contributed by atoms with Crippen molar-refractivity contribution in [1.29, 1.82) is 0 Å². The quantitative estimate of drug-likeness (QED) is 0.282. The van der Waals surface area contributed by atoms with Crippen LogP contribution < -0.4 is 0 Å². The maximum atomic E-state index is 5.44. The van der Waals surface area contributed by atoms with E-state index in [4.69, 9.17) is 9.47 Å². The van der Waals surface area contributed by atoms with Gasteiger partial charge in [0.2, 0.25) is 0 Å². The van der Waals surface area contributed by atoms with Crippen LogP contribution in [0.4, 0.5) is 0 Å². The van der Waals surface area contributed by atoms with Gasteiger partial charge in [0.15, 0.2) is 0 Å². The lowest BCUT2D eigenvalue weighted by molar-refractivity contribution is 0.113. The molecule has 1 heterocycles. The number of hydrogen-bond donors (Lipinski definition) is 0. The molecule has 0 bridgehead atoms. The van der Waals surface area contributed by atoms with Crippen LogP contribution in [-0.2, 0) is 9.47 Å². The fourth-order valence-electron chi connectivity index (χ4n) is 1.21. The number of rotatable bonds is 9. The summed E-state index contributed by atoms with van der Waals surface area (Å²) in [5, 5.41) is 0. The highest BCUT2D eigenvalue weighted by Crippen LogP contribution is 2.09. The molecule has 0 aromatic carbocycles. The van der Waals surface area contributed by atoms with E-state index in [9.17, 15) is 0 Å². The molecule has 0 amide bonds. The maximum Gasteiger partial charge on any atom is 0.104 e. The molecule has 1 saturated heterocycles. The van der Waals surface area contributed by atoms with Crippen molar-refractivity contribution in [3.63, 3.8) is 0 Å². The smallest absolute Gasteiger partial charge is 0.104 e. The molecular weight excluding hydrogens is 279 g/mol. The molecule has 0 aliphatic carbocycles. The first kappa shape index (κ1) is 11.7. The maximum absolute atomic E-state index is 5.44. The zero-order valence-electron chi connectivity index (χ0n) is 8.14. The summed E-state index contributed by atoms with van der Waals surface area (Å²) >= 11 is 2.44. The molecular formula is C10H19IO2.